The summed E-state index contributed by atoms with van der Waals surface area (Å²) in [5.41, 5.74) is 2.13. The van der Waals surface area contributed by atoms with Crippen molar-refractivity contribution >= 4 is 72.2 Å². The van der Waals surface area contributed by atoms with Crippen LogP contribution < -0.4 is 5.43 Å². The van der Waals surface area contributed by atoms with Gasteiger partial charge in [-0.1, -0.05) is 27.5 Å². The van der Waals surface area contributed by atoms with Crippen molar-refractivity contribution in [2.75, 3.05) is 0 Å². The van der Waals surface area contributed by atoms with Crippen molar-refractivity contribution in [3.8, 4) is 5.75 Å². The number of fused-ring (bicyclic) bond motifs is 1. The molecule has 3 rings (SSSR count). The van der Waals surface area contributed by atoms with E-state index in [4.69, 9.17) is 16.0 Å². The molecule has 3 aromatic rings. The van der Waals surface area contributed by atoms with Crippen molar-refractivity contribution in [3.05, 3.63) is 65.7 Å². The molecule has 27 heavy (non-hydrogen) atoms. The zero-order valence-electron chi connectivity index (χ0n) is 13.1. The summed E-state index contributed by atoms with van der Waals surface area (Å²) >= 11 is 12.5. The number of carbonyl (C=O) groups is 1. The third-order valence-electron chi connectivity index (χ3n) is 3.41. The van der Waals surface area contributed by atoms with Gasteiger partial charge in [0.25, 0.3) is 0 Å². The average molecular weight is 518 g/mol. The lowest BCUT2D eigenvalue weighted by Gasteiger charge is -2.01. The van der Waals surface area contributed by atoms with Gasteiger partial charge in [-0.2, -0.15) is 5.10 Å². The number of phenols is 1. The van der Waals surface area contributed by atoms with Crippen LogP contribution in [0.1, 0.15) is 16.1 Å². The van der Waals surface area contributed by atoms with Crippen LogP contribution in [0.3, 0.4) is 0 Å². The minimum Gasteiger partial charge on any atom is -0.502 e. The van der Waals surface area contributed by atoms with Crippen LogP contribution in [-0.2, 0) is 0 Å². The smallest absolute Gasteiger partial charge is 0.312 e. The van der Waals surface area contributed by atoms with Crippen molar-refractivity contribution in [2.45, 2.75) is 0 Å². The van der Waals surface area contributed by atoms with Gasteiger partial charge in [0.05, 0.1) is 15.6 Å². The number of phenolic OH excluding ortho intramolecular Hbond substituents is 1. The van der Waals surface area contributed by atoms with Crippen molar-refractivity contribution in [3.63, 3.8) is 0 Å². The number of nitrogens with zero attached hydrogens (tertiary/aromatic N) is 2. The number of nitro benzene ring substituents is 1. The lowest BCUT2D eigenvalue weighted by atomic mass is 10.2. The number of hydrazone groups is 1. The molecule has 0 unspecified atom stereocenters. The van der Waals surface area contributed by atoms with Gasteiger partial charge in [-0.15, -0.1) is 0 Å². The van der Waals surface area contributed by atoms with E-state index >= 15 is 0 Å². The summed E-state index contributed by atoms with van der Waals surface area (Å²) in [7, 11) is 0. The van der Waals surface area contributed by atoms with Gasteiger partial charge >= 0.3 is 11.6 Å². The van der Waals surface area contributed by atoms with E-state index in [1.54, 1.807) is 12.1 Å². The lowest BCUT2D eigenvalue weighted by molar-refractivity contribution is -0.385. The Morgan fingerprint density at radius 2 is 2.04 bits per heavy atom. The van der Waals surface area contributed by atoms with Gasteiger partial charge in [-0.3, -0.25) is 14.9 Å². The highest BCUT2D eigenvalue weighted by Crippen LogP contribution is 2.32. The van der Waals surface area contributed by atoms with Crippen LogP contribution in [0.4, 0.5) is 5.69 Å². The molecule has 0 aliphatic heterocycles. The highest BCUT2D eigenvalue weighted by atomic mass is 79.9. The van der Waals surface area contributed by atoms with Crippen LogP contribution >= 0.6 is 43.5 Å². The Bertz CT molecular complexity index is 1110. The van der Waals surface area contributed by atoms with E-state index in [2.05, 4.69) is 42.4 Å². The predicted molar refractivity (Wildman–Crippen MR) is 106 cm³/mol. The molecule has 0 saturated heterocycles. The lowest BCUT2D eigenvalue weighted by Crippen LogP contribution is -2.16. The fourth-order valence-electron chi connectivity index (χ4n) is 2.25. The van der Waals surface area contributed by atoms with Gasteiger partial charge < -0.3 is 9.52 Å². The number of amides is 1. The maximum absolute atomic E-state index is 12.2. The number of rotatable bonds is 4. The largest absolute Gasteiger partial charge is 0.502 e. The molecule has 138 valence electrons. The normalized spacial score (nSPS) is 11.2. The van der Waals surface area contributed by atoms with Crippen LogP contribution in [0, 0.1) is 10.1 Å². The van der Waals surface area contributed by atoms with Gasteiger partial charge in [-0.25, -0.2) is 5.43 Å². The Balaban J connectivity index is 1.82. The van der Waals surface area contributed by atoms with Gasteiger partial charge in [0.15, 0.2) is 5.76 Å². The highest BCUT2D eigenvalue weighted by molar-refractivity contribution is 9.11. The number of halogens is 3. The Labute approximate surface area is 173 Å². The summed E-state index contributed by atoms with van der Waals surface area (Å²) in [4.78, 5) is 22.3. The molecule has 0 radical (unpaired) electrons. The van der Waals surface area contributed by atoms with Crippen LogP contribution in [0.25, 0.3) is 11.0 Å². The summed E-state index contributed by atoms with van der Waals surface area (Å²) in [6.07, 6.45) is 1.04. The van der Waals surface area contributed by atoms with Crippen LogP contribution in [0.2, 0.25) is 5.02 Å². The number of nitro groups is 1. The number of carbonyl (C=O) groups excluding carboxylic acids is 1. The molecule has 1 aromatic heterocycles. The zero-order chi connectivity index (χ0) is 19.7. The fourth-order valence-corrected chi connectivity index (χ4v) is 3.81. The molecule has 0 fully saturated rings. The third-order valence-corrected chi connectivity index (χ3v) is 4.68. The highest BCUT2D eigenvalue weighted by Gasteiger charge is 2.18. The first-order chi connectivity index (χ1) is 12.8. The molecular formula is C16H8Br2ClN3O5. The van der Waals surface area contributed by atoms with Crippen molar-refractivity contribution in [2.24, 2.45) is 5.10 Å². The molecule has 11 heteroatoms. The number of nitrogens with one attached hydrogen (secondary N) is 1. The molecule has 1 heterocycles. The number of furan rings is 1. The summed E-state index contributed by atoms with van der Waals surface area (Å²) in [6, 6.07) is 7.39. The van der Waals surface area contributed by atoms with Crippen LogP contribution in [0.5, 0.6) is 5.75 Å². The van der Waals surface area contributed by atoms with Crippen LogP contribution in [-0.4, -0.2) is 22.2 Å². The molecule has 0 saturated carbocycles. The number of benzene rings is 2. The van der Waals surface area contributed by atoms with E-state index in [1.807, 2.05) is 0 Å². The van der Waals surface area contributed by atoms with Crippen molar-refractivity contribution < 1.29 is 19.2 Å². The molecule has 0 atom stereocenters. The third kappa shape index (κ3) is 4.12. The molecule has 0 aliphatic carbocycles. The van der Waals surface area contributed by atoms with Gasteiger partial charge in [0.2, 0.25) is 5.75 Å². The monoisotopic (exact) mass is 515 g/mol. The molecule has 1 amide bonds. The molecule has 0 bridgehead atoms. The van der Waals surface area contributed by atoms with E-state index in [1.165, 1.54) is 12.1 Å². The van der Waals surface area contributed by atoms with Crippen LogP contribution in [0.15, 0.2) is 48.8 Å². The van der Waals surface area contributed by atoms with E-state index in [0.29, 0.717) is 15.4 Å². The summed E-state index contributed by atoms with van der Waals surface area (Å²) in [6.45, 7) is 0. The Hall–Kier alpha value is -2.43. The Morgan fingerprint density at radius 3 is 2.74 bits per heavy atom. The topological polar surface area (TPSA) is 118 Å². The van der Waals surface area contributed by atoms with Crippen molar-refractivity contribution in [1.29, 1.82) is 0 Å². The Morgan fingerprint density at radius 1 is 1.30 bits per heavy atom. The minimum atomic E-state index is -0.776. The average Bonchev–Trinajstić information content (AvgIpc) is 3.01. The molecule has 0 aliphatic rings. The van der Waals surface area contributed by atoms with Gasteiger partial charge in [0.1, 0.15) is 5.58 Å². The molecule has 2 N–H and O–H groups in total. The number of aromatic hydroxyl groups is 1. The minimum absolute atomic E-state index is 0.0160. The molecule has 2 aromatic carbocycles. The van der Waals surface area contributed by atoms with Gasteiger partial charge in [0, 0.05) is 26.5 Å². The van der Waals surface area contributed by atoms with Gasteiger partial charge in [-0.05, 0) is 40.2 Å². The second-order valence-electron chi connectivity index (χ2n) is 5.24. The summed E-state index contributed by atoms with van der Waals surface area (Å²) in [5.74, 6) is -1.23. The van der Waals surface area contributed by atoms with E-state index in [0.717, 1.165) is 16.8 Å². The van der Waals surface area contributed by atoms with Crippen molar-refractivity contribution in [1.82, 2.24) is 5.43 Å². The Kier molecular flexibility index (Phi) is 5.49. The predicted octanol–water partition coefficient (Wildman–Crippen LogP) is 4.99. The van der Waals surface area contributed by atoms with E-state index < -0.39 is 22.3 Å². The second kappa shape index (κ2) is 7.67. The first-order valence-corrected chi connectivity index (χ1v) is 9.11. The first kappa shape index (κ1) is 19.3. The quantitative estimate of drug-likeness (QED) is 0.287. The SMILES string of the molecule is O=C(N/N=C\c1cc(Cl)cc([N+](=O)[O-])c1O)c1cc2cc(Br)cc(Br)c2o1. The first-order valence-electron chi connectivity index (χ1n) is 7.15. The molecule has 8 nitrogen and oxygen atoms in total. The second-order valence-corrected chi connectivity index (χ2v) is 7.44. The summed E-state index contributed by atoms with van der Waals surface area (Å²) in [5, 5.41) is 25.2. The molecular weight excluding hydrogens is 509 g/mol. The fraction of sp³-hybridized carbons (Fsp3) is 0. The number of hydrogen-bond acceptors (Lipinski definition) is 6. The summed E-state index contributed by atoms with van der Waals surface area (Å²) < 4.78 is 6.98. The zero-order valence-corrected chi connectivity index (χ0v) is 17.0. The maximum Gasteiger partial charge on any atom is 0.312 e. The van der Waals surface area contributed by atoms with E-state index in [9.17, 15) is 20.0 Å². The standard InChI is InChI=1S/C16H8Br2ClN3O5/c17-9-1-7-3-13(27-15(7)11(18)4-9)16(24)21-20-6-8-2-10(19)5-12(14(8)23)22(25)26/h1-6,23H,(H,21,24)/b20-6-. The number of hydrogen-bond donors (Lipinski definition) is 2. The van der Waals surface area contributed by atoms with E-state index in [-0.39, 0.29) is 16.3 Å². The maximum atomic E-state index is 12.2. The molecule has 0 spiro atoms.